The number of thioether (sulfide) groups is 2. The number of carbonyl (C=O) groups excluding carboxylic acids is 1. The molecule has 0 unspecified atom stereocenters. The van der Waals surface area contributed by atoms with E-state index in [2.05, 4.69) is 4.74 Å². The van der Waals surface area contributed by atoms with Crippen molar-refractivity contribution in [3.05, 3.63) is 60.2 Å². The Morgan fingerprint density at radius 3 is 2.56 bits per heavy atom. The van der Waals surface area contributed by atoms with Crippen molar-refractivity contribution in [2.45, 2.75) is 16.2 Å². The molecule has 0 heterocycles. The van der Waals surface area contributed by atoms with Crippen LogP contribution in [0.5, 0.6) is 5.75 Å². The Labute approximate surface area is 156 Å². The first kappa shape index (κ1) is 19.7. The van der Waals surface area contributed by atoms with Gasteiger partial charge in [-0.25, -0.2) is 0 Å². The van der Waals surface area contributed by atoms with E-state index < -0.39 is 6.10 Å². The number of esters is 1. The number of ether oxygens (including phenoxy) is 2. The number of methoxy groups -OCH3 is 2. The molecule has 0 aromatic heterocycles. The van der Waals surface area contributed by atoms with Crippen LogP contribution >= 0.6 is 23.5 Å². The molecule has 2 atom stereocenters. The highest BCUT2D eigenvalue weighted by Gasteiger charge is 2.23. The molecule has 0 bridgehead atoms. The summed E-state index contributed by atoms with van der Waals surface area (Å²) in [5.74, 6) is 1.19. The highest BCUT2D eigenvalue weighted by atomic mass is 32.2. The van der Waals surface area contributed by atoms with Crippen molar-refractivity contribution < 1.29 is 19.4 Å². The number of aliphatic hydroxyl groups excluding tert-OH is 1. The van der Waals surface area contributed by atoms with E-state index in [1.807, 2.05) is 54.6 Å². The number of rotatable bonds is 9. The maximum absolute atomic E-state index is 11.3. The van der Waals surface area contributed by atoms with Gasteiger partial charge in [0, 0.05) is 10.6 Å². The van der Waals surface area contributed by atoms with Gasteiger partial charge in [0.1, 0.15) is 5.75 Å². The van der Waals surface area contributed by atoms with Gasteiger partial charge in [-0.2, -0.15) is 0 Å². The Balaban J connectivity index is 2.11. The summed E-state index contributed by atoms with van der Waals surface area (Å²) in [7, 11) is 3.00. The van der Waals surface area contributed by atoms with Gasteiger partial charge in [0.25, 0.3) is 0 Å². The number of aliphatic hydroxyl groups is 1. The third kappa shape index (κ3) is 6.30. The summed E-state index contributed by atoms with van der Waals surface area (Å²) >= 11 is 2.96. The number of hydrogen-bond acceptors (Lipinski definition) is 6. The first-order valence-electron chi connectivity index (χ1n) is 7.82. The van der Waals surface area contributed by atoms with Crippen molar-refractivity contribution in [1.29, 1.82) is 0 Å². The Morgan fingerprint density at radius 2 is 1.88 bits per heavy atom. The molecule has 0 spiro atoms. The Bertz CT molecular complexity index is 663. The van der Waals surface area contributed by atoms with Crippen molar-refractivity contribution >= 4 is 29.5 Å². The second-order valence-corrected chi connectivity index (χ2v) is 7.53. The quantitative estimate of drug-likeness (QED) is 0.529. The summed E-state index contributed by atoms with van der Waals surface area (Å²) in [6.07, 6.45) is -0.603. The largest absolute Gasteiger partial charge is 0.497 e. The lowest BCUT2D eigenvalue weighted by atomic mass is 10.1. The molecule has 1 N–H and O–H groups in total. The predicted octanol–water partition coefficient (Wildman–Crippen LogP) is 3.80. The molecule has 2 rings (SSSR count). The third-order valence-corrected chi connectivity index (χ3v) is 5.90. The van der Waals surface area contributed by atoms with Crippen LogP contribution in [-0.2, 0) is 9.53 Å². The minimum absolute atomic E-state index is 0.140. The van der Waals surface area contributed by atoms with E-state index in [-0.39, 0.29) is 17.0 Å². The van der Waals surface area contributed by atoms with E-state index >= 15 is 0 Å². The van der Waals surface area contributed by atoms with Crippen LogP contribution in [0.25, 0.3) is 0 Å². The molecule has 0 amide bonds. The summed E-state index contributed by atoms with van der Waals surface area (Å²) in [6, 6.07) is 17.7. The van der Waals surface area contributed by atoms with Gasteiger partial charge in [-0.1, -0.05) is 36.4 Å². The molecule has 2 aromatic carbocycles. The molecule has 0 aliphatic rings. The van der Waals surface area contributed by atoms with Crippen LogP contribution in [0.15, 0.2) is 59.5 Å². The van der Waals surface area contributed by atoms with E-state index in [4.69, 9.17) is 4.74 Å². The van der Waals surface area contributed by atoms with Crippen molar-refractivity contribution in [2.75, 3.05) is 25.7 Å². The second kappa shape index (κ2) is 10.4. The SMILES string of the molecule is COC(=O)CSC[C@@H](O)[C@@H](Sc1cccc(OC)c1)c1ccccc1. The van der Waals surface area contributed by atoms with Gasteiger partial charge in [0.15, 0.2) is 0 Å². The third-order valence-electron chi connectivity index (χ3n) is 3.52. The molecular weight excluding hydrogens is 356 g/mol. The van der Waals surface area contributed by atoms with Crippen LogP contribution in [0.3, 0.4) is 0 Å². The smallest absolute Gasteiger partial charge is 0.315 e. The standard InChI is InChI=1S/C19H22O4S2/c1-22-15-9-6-10-16(11-15)25-19(14-7-4-3-5-8-14)17(20)12-24-13-18(21)23-2/h3-11,17,19-20H,12-13H2,1-2H3/t17-,19+/m1/s1. The van der Waals surface area contributed by atoms with E-state index in [0.717, 1.165) is 16.2 Å². The fraction of sp³-hybridized carbons (Fsp3) is 0.316. The van der Waals surface area contributed by atoms with E-state index in [9.17, 15) is 9.90 Å². The number of carbonyl (C=O) groups is 1. The van der Waals surface area contributed by atoms with E-state index in [0.29, 0.717) is 5.75 Å². The zero-order valence-electron chi connectivity index (χ0n) is 14.3. The average molecular weight is 379 g/mol. The summed E-state index contributed by atoms with van der Waals surface area (Å²) in [6.45, 7) is 0. The summed E-state index contributed by atoms with van der Waals surface area (Å²) in [5.41, 5.74) is 1.04. The topological polar surface area (TPSA) is 55.8 Å². The fourth-order valence-electron chi connectivity index (χ4n) is 2.24. The monoisotopic (exact) mass is 378 g/mol. The molecule has 0 saturated carbocycles. The van der Waals surface area contributed by atoms with Gasteiger partial charge in [0.2, 0.25) is 0 Å². The molecule has 4 nitrogen and oxygen atoms in total. The van der Waals surface area contributed by atoms with Crippen molar-refractivity contribution in [3.8, 4) is 5.75 Å². The molecular formula is C19H22O4S2. The van der Waals surface area contributed by atoms with Crippen molar-refractivity contribution in [3.63, 3.8) is 0 Å². The first-order chi connectivity index (χ1) is 12.1. The maximum Gasteiger partial charge on any atom is 0.315 e. The second-order valence-electron chi connectivity index (χ2n) is 5.29. The molecule has 0 aliphatic heterocycles. The number of benzene rings is 2. The van der Waals surface area contributed by atoms with Gasteiger partial charge >= 0.3 is 5.97 Å². The lowest BCUT2D eigenvalue weighted by molar-refractivity contribution is -0.137. The van der Waals surface area contributed by atoms with Gasteiger partial charge in [-0.05, 0) is 23.8 Å². The molecule has 6 heteroatoms. The Hall–Kier alpha value is -1.63. The molecule has 0 saturated heterocycles. The van der Waals surface area contributed by atoms with Crippen LogP contribution in [0, 0.1) is 0 Å². The molecule has 0 aliphatic carbocycles. The van der Waals surface area contributed by atoms with E-state index in [1.165, 1.54) is 18.9 Å². The Morgan fingerprint density at radius 1 is 1.12 bits per heavy atom. The van der Waals surface area contributed by atoms with Crippen LogP contribution in [0.1, 0.15) is 10.8 Å². The average Bonchev–Trinajstić information content (AvgIpc) is 2.66. The first-order valence-corrected chi connectivity index (χ1v) is 9.85. The minimum Gasteiger partial charge on any atom is -0.497 e. The van der Waals surface area contributed by atoms with Crippen LogP contribution < -0.4 is 4.74 Å². The highest BCUT2D eigenvalue weighted by Crippen LogP contribution is 2.39. The zero-order chi connectivity index (χ0) is 18.1. The summed E-state index contributed by atoms with van der Waals surface area (Å²) in [4.78, 5) is 12.3. The van der Waals surface area contributed by atoms with Crippen LogP contribution in [-0.4, -0.2) is 42.9 Å². The lowest BCUT2D eigenvalue weighted by Crippen LogP contribution is -2.20. The Kier molecular flexibility index (Phi) is 8.18. The zero-order valence-corrected chi connectivity index (χ0v) is 15.9. The highest BCUT2D eigenvalue weighted by molar-refractivity contribution is 8.00. The summed E-state index contributed by atoms with van der Waals surface area (Å²) < 4.78 is 9.91. The van der Waals surface area contributed by atoms with Gasteiger partial charge in [-0.15, -0.1) is 23.5 Å². The van der Waals surface area contributed by atoms with Gasteiger partial charge in [0.05, 0.1) is 31.3 Å². The lowest BCUT2D eigenvalue weighted by Gasteiger charge is -2.23. The minimum atomic E-state index is -0.603. The molecule has 2 aromatic rings. The normalized spacial score (nSPS) is 13.1. The predicted molar refractivity (Wildman–Crippen MR) is 103 cm³/mol. The molecule has 25 heavy (non-hydrogen) atoms. The van der Waals surface area contributed by atoms with Gasteiger partial charge < -0.3 is 14.6 Å². The fourth-order valence-corrected chi connectivity index (χ4v) is 4.38. The van der Waals surface area contributed by atoms with Crippen LogP contribution in [0.2, 0.25) is 0 Å². The maximum atomic E-state index is 11.3. The summed E-state index contributed by atoms with van der Waals surface area (Å²) in [5, 5.41) is 10.6. The van der Waals surface area contributed by atoms with Crippen LogP contribution in [0.4, 0.5) is 0 Å². The van der Waals surface area contributed by atoms with Gasteiger partial charge in [-0.3, -0.25) is 4.79 Å². The van der Waals surface area contributed by atoms with Crippen molar-refractivity contribution in [1.82, 2.24) is 0 Å². The van der Waals surface area contributed by atoms with E-state index in [1.54, 1.807) is 18.9 Å². The number of hydrogen-bond donors (Lipinski definition) is 1. The molecule has 134 valence electrons. The molecule has 0 radical (unpaired) electrons. The van der Waals surface area contributed by atoms with Crippen molar-refractivity contribution in [2.24, 2.45) is 0 Å². The molecule has 0 fully saturated rings.